The average molecular weight is 268 g/mol. The summed E-state index contributed by atoms with van der Waals surface area (Å²) >= 11 is 0. The number of likely N-dealkylation sites (tertiary alicyclic amines) is 1. The molecule has 104 valence electrons. The molecule has 2 aliphatic rings. The fraction of sp³-hybridized carbons (Fsp3) is 0.529. The number of hydrogen-bond donors (Lipinski definition) is 0. The number of hydrogen-bond acceptors (Lipinski definition) is 2. The highest BCUT2D eigenvalue weighted by Gasteiger charge is 2.33. The van der Waals surface area contributed by atoms with Crippen LogP contribution in [0.2, 0.25) is 0 Å². The van der Waals surface area contributed by atoms with Crippen LogP contribution in [0.3, 0.4) is 0 Å². The van der Waals surface area contributed by atoms with Crippen LogP contribution >= 0.6 is 0 Å². The summed E-state index contributed by atoms with van der Waals surface area (Å²) in [5, 5.41) is 9.22. The third kappa shape index (κ3) is 2.43. The fourth-order valence-electron chi connectivity index (χ4n) is 3.47. The molecular formula is C17H20N2O. The zero-order valence-electron chi connectivity index (χ0n) is 11.7. The second kappa shape index (κ2) is 5.66. The van der Waals surface area contributed by atoms with Crippen molar-refractivity contribution in [2.24, 2.45) is 5.92 Å². The molecule has 1 aliphatic carbocycles. The normalized spacial score (nSPS) is 25.6. The van der Waals surface area contributed by atoms with Gasteiger partial charge in [-0.25, -0.2) is 0 Å². The van der Waals surface area contributed by atoms with Crippen molar-refractivity contribution in [2.75, 3.05) is 6.54 Å². The summed E-state index contributed by atoms with van der Waals surface area (Å²) < 4.78 is 0. The van der Waals surface area contributed by atoms with Gasteiger partial charge < -0.3 is 4.90 Å². The molecule has 2 atom stereocenters. The van der Waals surface area contributed by atoms with Crippen LogP contribution in [-0.2, 0) is 17.6 Å². The molecule has 1 saturated heterocycles. The zero-order valence-corrected chi connectivity index (χ0v) is 11.7. The molecule has 2 unspecified atom stereocenters. The number of piperidine rings is 1. The van der Waals surface area contributed by atoms with Gasteiger partial charge in [-0.2, -0.15) is 5.26 Å². The minimum atomic E-state index is -0.201. The van der Waals surface area contributed by atoms with E-state index in [0.717, 1.165) is 45.1 Å². The van der Waals surface area contributed by atoms with Crippen LogP contribution in [0.15, 0.2) is 24.3 Å². The number of nitrogens with zero attached hydrogens (tertiary/aromatic N) is 2. The Morgan fingerprint density at radius 2 is 2.00 bits per heavy atom. The number of carbonyl (C=O) groups is 1. The molecule has 1 fully saturated rings. The molecule has 1 aromatic carbocycles. The lowest BCUT2D eigenvalue weighted by molar-refractivity contribution is -0.138. The van der Waals surface area contributed by atoms with Crippen molar-refractivity contribution >= 4 is 5.91 Å². The largest absolute Gasteiger partial charge is 0.326 e. The molecule has 0 saturated carbocycles. The monoisotopic (exact) mass is 268 g/mol. The topological polar surface area (TPSA) is 44.1 Å². The first-order chi connectivity index (χ1) is 9.79. The highest BCUT2D eigenvalue weighted by molar-refractivity contribution is 5.80. The number of rotatable bonds is 1. The van der Waals surface area contributed by atoms with Crippen molar-refractivity contribution in [3.8, 4) is 6.07 Å². The first-order valence-corrected chi connectivity index (χ1v) is 7.56. The molecule has 0 radical (unpaired) electrons. The average Bonchev–Trinajstić information content (AvgIpc) is 2.53. The van der Waals surface area contributed by atoms with Gasteiger partial charge in [0.25, 0.3) is 0 Å². The lowest BCUT2D eigenvalue weighted by Crippen LogP contribution is -2.46. The van der Waals surface area contributed by atoms with Gasteiger partial charge in [0.15, 0.2) is 0 Å². The predicted octanol–water partition coefficient (Wildman–Crippen LogP) is 2.70. The summed E-state index contributed by atoms with van der Waals surface area (Å²) in [6, 6.07) is 10.5. The van der Waals surface area contributed by atoms with Crippen LogP contribution in [0, 0.1) is 17.2 Å². The second-order valence-electron chi connectivity index (χ2n) is 5.88. The van der Waals surface area contributed by atoms with E-state index < -0.39 is 0 Å². The van der Waals surface area contributed by atoms with E-state index in [4.69, 9.17) is 0 Å². The Kier molecular flexibility index (Phi) is 3.73. The third-order valence-corrected chi connectivity index (χ3v) is 4.63. The van der Waals surface area contributed by atoms with Gasteiger partial charge in [-0.15, -0.1) is 0 Å². The summed E-state index contributed by atoms with van der Waals surface area (Å²) in [7, 11) is 0. The lowest BCUT2D eigenvalue weighted by atomic mass is 9.82. The van der Waals surface area contributed by atoms with Crippen LogP contribution in [0.25, 0.3) is 0 Å². The fourth-order valence-corrected chi connectivity index (χ4v) is 3.47. The molecule has 1 heterocycles. The molecule has 0 N–H and O–H groups in total. The van der Waals surface area contributed by atoms with Gasteiger partial charge in [0.05, 0.1) is 6.07 Å². The molecular weight excluding hydrogens is 248 g/mol. The summed E-state index contributed by atoms with van der Waals surface area (Å²) in [6.45, 7) is 0.759. The van der Waals surface area contributed by atoms with Crippen LogP contribution in [-0.4, -0.2) is 23.4 Å². The first-order valence-electron chi connectivity index (χ1n) is 7.56. The van der Waals surface area contributed by atoms with Gasteiger partial charge in [0.2, 0.25) is 5.91 Å². The Bertz CT molecular complexity index is 546. The Morgan fingerprint density at radius 1 is 1.20 bits per heavy atom. The Balaban J connectivity index is 1.74. The Labute approximate surface area is 120 Å². The van der Waals surface area contributed by atoms with Crippen LogP contribution in [0.4, 0.5) is 0 Å². The number of amides is 1. The SMILES string of the molecule is N#CC1CCCCN1C(=O)C1CCc2ccccc2C1. The highest BCUT2D eigenvalue weighted by Crippen LogP contribution is 2.28. The molecule has 0 bridgehead atoms. The van der Waals surface area contributed by atoms with E-state index in [9.17, 15) is 10.1 Å². The number of fused-ring (bicyclic) bond motifs is 1. The van der Waals surface area contributed by atoms with Crippen molar-refractivity contribution in [3.05, 3.63) is 35.4 Å². The van der Waals surface area contributed by atoms with Crippen LogP contribution < -0.4 is 0 Å². The van der Waals surface area contributed by atoms with E-state index in [1.807, 2.05) is 11.0 Å². The van der Waals surface area contributed by atoms with Gasteiger partial charge in [0, 0.05) is 12.5 Å². The number of aryl methyl sites for hydroxylation is 1. The Hall–Kier alpha value is -1.82. The Morgan fingerprint density at radius 3 is 2.80 bits per heavy atom. The quantitative estimate of drug-likeness (QED) is 0.786. The van der Waals surface area contributed by atoms with Crippen molar-refractivity contribution in [1.82, 2.24) is 4.90 Å². The molecule has 3 heteroatoms. The van der Waals surface area contributed by atoms with E-state index in [-0.39, 0.29) is 17.9 Å². The van der Waals surface area contributed by atoms with E-state index in [0.29, 0.717) is 0 Å². The zero-order chi connectivity index (χ0) is 13.9. The maximum absolute atomic E-state index is 12.7. The summed E-state index contributed by atoms with van der Waals surface area (Å²) in [5.74, 6) is 0.268. The van der Waals surface area contributed by atoms with Gasteiger partial charge in [-0.3, -0.25) is 4.79 Å². The smallest absolute Gasteiger partial charge is 0.227 e. The molecule has 1 aromatic rings. The second-order valence-corrected chi connectivity index (χ2v) is 5.88. The van der Waals surface area contributed by atoms with Crippen LogP contribution in [0.5, 0.6) is 0 Å². The first kappa shape index (κ1) is 13.2. The highest BCUT2D eigenvalue weighted by atomic mass is 16.2. The van der Waals surface area contributed by atoms with Crippen molar-refractivity contribution < 1.29 is 4.79 Å². The predicted molar refractivity (Wildman–Crippen MR) is 76.9 cm³/mol. The standard InChI is InChI=1S/C17H20N2O/c18-12-16-7-3-4-10-19(16)17(20)15-9-8-13-5-1-2-6-14(13)11-15/h1-2,5-6,15-16H,3-4,7-11H2. The molecule has 3 rings (SSSR count). The summed E-state index contributed by atoms with van der Waals surface area (Å²) in [4.78, 5) is 14.5. The summed E-state index contributed by atoms with van der Waals surface area (Å²) in [5.41, 5.74) is 2.69. The van der Waals surface area contributed by atoms with Crippen molar-refractivity contribution in [3.63, 3.8) is 0 Å². The molecule has 0 aromatic heterocycles. The lowest BCUT2D eigenvalue weighted by Gasteiger charge is -2.35. The van der Waals surface area contributed by atoms with E-state index in [1.165, 1.54) is 11.1 Å². The maximum atomic E-state index is 12.7. The third-order valence-electron chi connectivity index (χ3n) is 4.63. The molecule has 1 amide bonds. The maximum Gasteiger partial charge on any atom is 0.227 e. The minimum Gasteiger partial charge on any atom is -0.326 e. The molecule has 3 nitrogen and oxygen atoms in total. The van der Waals surface area contributed by atoms with Gasteiger partial charge in [-0.05, 0) is 49.7 Å². The van der Waals surface area contributed by atoms with E-state index in [2.05, 4.69) is 24.3 Å². The minimum absolute atomic E-state index is 0.0684. The number of benzene rings is 1. The van der Waals surface area contributed by atoms with Crippen molar-refractivity contribution in [2.45, 2.75) is 44.6 Å². The molecule has 20 heavy (non-hydrogen) atoms. The van der Waals surface area contributed by atoms with E-state index >= 15 is 0 Å². The van der Waals surface area contributed by atoms with Crippen molar-refractivity contribution in [1.29, 1.82) is 5.26 Å². The van der Waals surface area contributed by atoms with Gasteiger partial charge in [0.1, 0.15) is 6.04 Å². The van der Waals surface area contributed by atoms with Gasteiger partial charge >= 0.3 is 0 Å². The molecule has 1 aliphatic heterocycles. The van der Waals surface area contributed by atoms with Crippen LogP contribution in [0.1, 0.15) is 36.8 Å². The number of nitriles is 1. The van der Waals surface area contributed by atoms with E-state index in [1.54, 1.807) is 0 Å². The molecule has 0 spiro atoms. The number of carbonyl (C=O) groups excluding carboxylic acids is 1. The summed E-state index contributed by atoms with van der Waals surface area (Å²) in [6.07, 6.45) is 5.68. The van der Waals surface area contributed by atoms with Gasteiger partial charge in [-0.1, -0.05) is 24.3 Å².